The van der Waals surface area contributed by atoms with Gasteiger partial charge in [-0.25, -0.2) is 22.6 Å². The fourth-order valence-corrected chi connectivity index (χ4v) is 5.69. The lowest BCUT2D eigenvalue weighted by molar-refractivity contribution is 0.144. The number of amides is 2. The van der Waals surface area contributed by atoms with Crippen molar-refractivity contribution in [3.63, 3.8) is 0 Å². The predicted octanol–water partition coefficient (Wildman–Crippen LogP) is 2.54. The number of nitrogens with one attached hydrogen (secondary N) is 2. The SMILES string of the molecule is CC1CCn2ncc(S(=O)(=O)NC(=O)Nc3cc4c(c5c3CCC5)CCC4)c2O1. The van der Waals surface area contributed by atoms with Crippen molar-refractivity contribution in [1.82, 2.24) is 14.5 Å². The van der Waals surface area contributed by atoms with E-state index in [1.54, 1.807) is 0 Å². The van der Waals surface area contributed by atoms with E-state index >= 15 is 0 Å². The van der Waals surface area contributed by atoms with E-state index in [2.05, 4.69) is 15.1 Å². The summed E-state index contributed by atoms with van der Waals surface area (Å²) in [7, 11) is -4.10. The molecule has 5 rings (SSSR count). The van der Waals surface area contributed by atoms with Crippen LogP contribution < -0.4 is 14.8 Å². The van der Waals surface area contributed by atoms with Crippen LogP contribution in [-0.2, 0) is 42.3 Å². The summed E-state index contributed by atoms with van der Waals surface area (Å²) >= 11 is 0. The number of hydrogen-bond donors (Lipinski definition) is 2. The largest absolute Gasteiger partial charge is 0.474 e. The molecule has 1 atom stereocenters. The molecule has 0 saturated carbocycles. The van der Waals surface area contributed by atoms with E-state index < -0.39 is 16.1 Å². The summed E-state index contributed by atoms with van der Waals surface area (Å²) in [4.78, 5) is 12.5. The highest BCUT2D eigenvalue weighted by molar-refractivity contribution is 7.90. The van der Waals surface area contributed by atoms with Crippen LogP contribution in [0.15, 0.2) is 17.2 Å². The number of urea groups is 1. The average Bonchev–Trinajstić information content (AvgIpc) is 3.39. The first-order chi connectivity index (χ1) is 13.9. The highest BCUT2D eigenvalue weighted by Crippen LogP contribution is 2.38. The van der Waals surface area contributed by atoms with Crippen LogP contribution in [0.2, 0.25) is 0 Å². The number of carbonyl (C=O) groups is 1. The molecule has 0 bridgehead atoms. The van der Waals surface area contributed by atoms with Crippen LogP contribution in [0.1, 0.15) is 48.4 Å². The molecule has 154 valence electrons. The Morgan fingerprint density at radius 2 is 1.93 bits per heavy atom. The third-order valence-electron chi connectivity index (χ3n) is 6.07. The summed E-state index contributed by atoms with van der Waals surface area (Å²) in [5, 5.41) is 6.86. The first-order valence-electron chi connectivity index (χ1n) is 10.1. The van der Waals surface area contributed by atoms with Gasteiger partial charge in [0.25, 0.3) is 10.0 Å². The molecule has 0 radical (unpaired) electrons. The van der Waals surface area contributed by atoms with Crippen molar-refractivity contribution >= 4 is 21.7 Å². The van der Waals surface area contributed by atoms with E-state index in [9.17, 15) is 13.2 Å². The molecule has 2 aromatic rings. The third kappa shape index (κ3) is 3.17. The van der Waals surface area contributed by atoms with Crippen molar-refractivity contribution in [1.29, 1.82) is 0 Å². The van der Waals surface area contributed by atoms with E-state index in [1.165, 1.54) is 27.6 Å². The zero-order chi connectivity index (χ0) is 20.2. The Hall–Kier alpha value is -2.55. The molecule has 1 unspecified atom stereocenters. The first-order valence-corrected chi connectivity index (χ1v) is 11.6. The Kier molecular flexibility index (Phi) is 4.31. The monoisotopic (exact) mass is 416 g/mol. The van der Waals surface area contributed by atoms with Crippen LogP contribution in [0, 0.1) is 0 Å². The van der Waals surface area contributed by atoms with Crippen LogP contribution in [0.3, 0.4) is 0 Å². The molecule has 8 nitrogen and oxygen atoms in total. The molecule has 2 aliphatic carbocycles. The number of hydrogen-bond acceptors (Lipinski definition) is 5. The van der Waals surface area contributed by atoms with Gasteiger partial charge < -0.3 is 10.1 Å². The Bertz CT molecular complexity index is 1110. The topological polar surface area (TPSA) is 102 Å². The van der Waals surface area contributed by atoms with Gasteiger partial charge in [-0.05, 0) is 73.8 Å². The number of fused-ring (bicyclic) bond motifs is 4. The zero-order valence-corrected chi connectivity index (χ0v) is 17.1. The van der Waals surface area contributed by atoms with Gasteiger partial charge >= 0.3 is 6.03 Å². The molecule has 2 heterocycles. The molecule has 2 amide bonds. The summed E-state index contributed by atoms with van der Waals surface area (Å²) in [6.07, 6.45) is 8.14. The number of rotatable bonds is 3. The van der Waals surface area contributed by atoms with Gasteiger partial charge in [-0.2, -0.15) is 5.10 Å². The maximum atomic E-state index is 12.8. The molecule has 9 heteroatoms. The van der Waals surface area contributed by atoms with Crippen LogP contribution in [-0.4, -0.2) is 30.3 Å². The van der Waals surface area contributed by atoms with E-state index in [0.29, 0.717) is 6.54 Å². The van der Waals surface area contributed by atoms with Crippen molar-refractivity contribution in [2.24, 2.45) is 0 Å². The molecule has 0 spiro atoms. The second-order valence-corrected chi connectivity index (χ2v) is 9.69. The van der Waals surface area contributed by atoms with E-state index in [1.807, 2.05) is 13.0 Å². The number of anilines is 1. The fraction of sp³-hybridized carbons (Fsp3) is 0.500. The van der Waals surface area contributed by atoms with Gasteiger partial charge in [-0.1, -0.05) is 0 Å². The van der Waals surface area contributed by atoms with Crippen molar-refractivity contribution in [2.75, 3.05) is 5.32 Å². The van der Waals surface area contributed by atoms with E-state index in [4.69, 9.17) is 4.74 Å². The van der Waals surface area contributed by atoms with Crippen LogP contribution in [0.4, 0.5) is 10.5 Å². The smallest absolute Gasteiger partial charge is 0.333 e. The maximum Gasteiger partial charge on any atom is 0.333 e. The second-order valence-electron chi connectivity index (χ2n) is 8.04. The molecular weight excluding hydrogens is 392 g/mol. The lowest BCUT2D eigenvalue weighted by Gasteiger charge is -2.22. The molecule has 2 N–H and O–H groups in total. The van der Waals surface area contributed by atoms with Gasteiger partial charge in [0.15, 0.2) is 4.90 Å². The summed E-state index contributed by atoms with van der Waals surface area (Å²) < 4.78 is 34.9. The van der Waals surface area contributed by atoms with Gasteiger partial charge in [0, 0.05) is 18.7 Å². The summed E-state index contributed by atoms with van der Waals surface area (Å²) in [5.41, 5.74) is 5.95. The summed E-state index contributed by atoms with van der Waals surface area (Å²) in [5.74, 6) is 0.183. The van der Waals surface area contributed by atoms with Gasteiger partial charge in [-0.15, -0.1) is 0 Å². The van der Waals surface area contributed by atoms with Gasteiger partial charge in [-0.3, -0.25) is 0 Å². The summed E-state index contributed by atoms with van der Waals surface area (Å²) in [6.45, 7) is 2.46. The Morgan fingerprint density at radius 3 is 2.79 bits per heavy atom. The molecule has 29 heavy (non-hydrogen) atoms. The third-order valence-corrected chi connectivity index (χ3v) is 7.38. The fourth-order valence-electron chi connectivity index (χ4n) is 4.72. The van der Waals surface area contributed by atoms with Crippen LogP contribution >= 0.6 is 0 Å². The Balaban J connectivity index is 1.38. The number of aromatic nitrogens is 2. The second kappa shape index (κ2) is 6.76. The van der Waals surface area contributed by atoms with E-state index in [-0.39, 0.29) is 16.9 Å². The molecule has 1 aliphatic heterocycles. The van der Waals surface area contributed by atoms with Crippen LogP contribution in [0.5, 0.6) is 5.88 Å². The number of sulfonamides is 1. The molecule has 0 saturated heterocycles. The average molecular weight is 417 g/mol. The maximum absolute atomic E-state index is 12.8. The lowest BCUT2D eigenvalue weighted by Crippen LogP contribution is -2.35. The van der Waals surface area contributed by atoms with Gasteiger partial charge in [0.2, 0.25) is 5.88 Å². The zero-order valence-electron chi connectivity index (χ0n) is 16.3. The first kappa shape index (κ1) is 18.5. The Morgan fingerprint density at radius 1 is 1.17 bits per heavy atom. The lowest BCUT2D eigenvalue weighted by atomic mass is 9.98. The highest BCUT2D eigenvalue weighted by atomic mass is 32.2. The minimum absolute atomic E-state index is 0.101. The number of carbonyl (C=O) groups excluding carboxylic acids is 1. The molecule has 1 aromatic carbocycles. The summed E-state index contributed by atoms with van der Waals surface area (Å²) in [6, 6.07) is 1.26. The number of benzene rings is 1. The van der Waals surface area contributed by atoms with Crippen molar-refractivity contribution in [3.8, 4) is 5.88 Å². The highest BCUT2D eigenvalue weighted by Gasteiger charge is 2.31. The van der Waals surface area contributed by atoms with E-state index in [0.717, 1.165) is 56.2 Å². The van der Waals surface area contributed by atoms with Crippen molar-refractivity contribution in [2.45, 2.75) is 69.4 Å². The number of ether oxygens (including phenoxy) is 1. The number of nitrogens with zero attached hydrogens (tertiary/aromatic N) is 2. The predicted molar refractivity (Wildman–Crippen MR) is 107 cm³/mol. The standard InChI is InChI=1S/C20H24N4O4S/c1-12-8-9-24-19(28-12)18(11-21-24)29(26,27)23-20(25)22-17-10-13-4-2-5-14(13)15-6-3-7-16(15)17/h10-12H,2-9H2,1H3,(H2,22,23,25). The molecular formula is C20H24N4O4S. The minimum atomic E-state index is -4.10. The molecule has 3 aliphatic rings. The van der Waals surface area contributed by atoms with Crippen molar-refractivity contribution in [3.05, 3.63) is 34.5 Å². The Labute approximate surface area is 169 Å². The molecule has 0 fully saturated rings. The van der Waals surface area contributed by atoms with Crippen molar-refractivity contribution < 1.29 is 17.9 Å². The quantitative estimate of drug-likeness (QED) is 0.801. The van der Waals surface area contributed by atoms with Crippen LogP contribution in [0.25, 0.3) is 0 Å². The van der Waals surface area contributed by atoms with Gasteiger partial charge in [0.05, 0.1) is 12.3 Å². The normalized spacial score (nSPS) is 19.8. The van der Waals surface area contributed by atoms with Gasteiger partial charge in [0.1, 0.15) is 0 Å². The molecule has 1 aromatic heterocycles. The number of aryl methyl sites for hydroxylation is 2. The minimum Gasteiger partial charge on any atom is -0.474 e.